The Morgan fingerprint density at radius 2 is 1.88 bits per heavy atom. The predicted molar refractivity (Wildman–Crippen MR) is 70.2 cm³/mol. The molecular weight excluding hydrogens is 259 g/mol. The van der Waals surface area contributed by atoms with Crippen molar-refractivity contribution in [1.29, 1.82) is 0 Å². The number of nitrogens with zero attached hydrogens (tertiary/aromatic N) is 4. The van der Waals surface area contributed by atoms with Crippen molar-refractivity contribution in [2.45, 2.75) is 20.3 Å². The fraction of sp³-hybridized carbons (Fsp3) is 0.364. The van der Waals surface area contributed by atoms with Crippen molar-refractivity contribution in [2.24, 2.45) is 7.05 Å². The van der Waals surface area contributed by atoms with Gasteiger partial charge in [-0.15, -0.1) is 0 Å². The molecule has 2 aromatic rings. The highest BCUT2D eigenvalue weighted by Gasteiger charge is 2.07. The van der Waals surface area contributed by atoms with Crippen LogP contribution in [0.15, 0.2) is 18.5 Å². The third-order valence-electron chi connectivity index (χ3n) is 1.72. The first-order valence-corrected chi connectivity index (χ1v) is 6.01. The van der Waals surface area contributed by atoms with Gasteiger partial charge in [-0.1, -0.05) is 31.9 Å². The van der Waals surface area contributed by atoms with Crippen LogP contribution in [0.3, 0.4) is 0 Å². The number of halogens is 2. The van der Waals surface area contributed by atoms with Gasteiger partial charge >= 0.3 is 0 Å². The Labute approximate surface area is 111 Å². The molecule has 0 fully saturated rings. The summed E-state index contributed by atoms with van der Waals surface area (Å²) in [4.78, 5) is 11.9. The van der Waals surface area contributed by atoms with Gasteiger partial charge in [0.15, 0.2) is 5.82 Å². The summed E-state index contributed by atoms with van der Waals surface area (Å²) in [6.07, 6.45) is 4.75. The molecule has 0 spiro atoms. The quantitative estimate of drug-likeness (QED) is 0.589. The Kier molecular flexibility index (Phi) is 5.38. The second-order valence-corrected chi connectivity index (χ2v) is 4.14. The minimum Gasteiger partial charge on any atom is -0.333 e. The Hall–Kier alpha value is -1.13. The molecule has 92 valence electrons. The van der Waals surface area contributed by atoms with Crippen LogP contribution in [-0.4, -0.2) is 19.5 Å². The Bertz CT molecular complexity index is 462. The number of aromatic nitrogens is 4. The minimum atomic E-state index is 0.121. The number of rotatable bonds is 1. The van der Waals surface area contributed by atoms with E-state index in [1.54, 1.807) is 12.3 Å². The van der Waals surface area contributed by atoms with E-state index in [1.807, 2.05) is 17.8 Å². The molecule has 0 saturated heterocycles. The third kappa shape index (κ3) is 3.98. The van der Waals surface area contributed by atoms with Crippen LogP contribution in [-0.2, 0) is 7.05 Å². The van der Waals surface area contributed by atoms with Crippen molar-refractivity contribution < 1.29 is 0 Å². The van der Waals surface area contributed by atoms with Crippen LogP contribution < -0.4 is 0 Å². The number of imidazole rings is 1. The summed E-state index contributed by atoms with van der Waals surface area (Å²) in [6, 6.07) is 1.62. The highest BCUT2D eigenvalue weighted by molar-refractivity contribution is 6.32. The zero-order chi connectivity index (χ0) is 12.8. The van der Waals surface area contributed by atoms with Gasteiger partial charge in [0.1, 0.15) is 10.8 Å². The summed E-state index contributed by atoms with van der Waals surface area (Å²) in [5.74, 6) is 0.705. The average molecular weight is 273 g/mol. The van der Waals surface area contributed by atoms with Crippen molar-refractivity contribution in [2.75, 3.05) is 0 Å². The van der Waals surface area contributed by atoms with E-state index in [9.17, 15) is 0 Å². The fourth-order valence-corrected chi connectivity index (χ4v) is 1.53. The summed E-state index contributed by atoms with van der Waals surface area (Å²) in [5.41, 5.74) is 0.613. The van der Waals surface area contributed by atoms with Crippen LogP contribution in [0.5, 0.6) is 0 Å². The first-order chi connectivity index (χ1) is 8.08. The molecule has 0 atom stereocenters. The molecule has 0 aliphatic carbocycles. The molecule has 0 saturated carbocycles. The zero-order valence-corrected chi connectivity index (χ0v) is 11.5. The Balaban J connectivity index is 0.000000437. The van der Waals surface area contributed by atoms with Gasteiger partial charge in [-0.05, 0) is 11.6 Å². The molecule has 0 amide bonds. The first-order valence-electron chi connectivity index (χ1n) is 5.26. The summed E-state index contributed by atoms with van der Waals surface area (Å²) in [6.45, 7) is 4.25. The van der Waals surface area contributed by atoms with Gasteiger partial charge in [0.2, 0.25) is 5.28 Å². The zero-order valence-electron chi connectivity index (χ0n) is 9.98. The van der Waals surface area contributed by atoms with E-state index in [-0.39, 0.29) is 5.28 Å². The maximum absolute atomic E-state index is 5.75. The molecule has 2 aromatic heterocycles. The number of hydrogen-bond donors (Lipinski definition) is 0. The second kappa shape index (κ2) is 6.57. The highest BCUT2D eigenvalue weighted by atomic mass is 35.5. The van der Waals surface area contributed by atoms with E-state index in [1.165, 1.54) is 6.42 Å². The molecule has 17 heavy (non-hydrogen) atoms. The molecule has 0 radical (unpaired) electrons. The first kappa shape index (κ1) is 13.9. The topological polar surface area (TPSA) is 43.6 Å². The Morgan fingerprint density at radius 1 is 1.24 bits per heavy atom. The molecule has 2 heterocycles. The van der Waals surface area contributed by atoms with E-state index < -0.39 is 0 Å². The molecule has 4 nitrogen and oxygen atoms in total. The second-order valence-electron chi connectivity index (χ2n) is 3.41. The van der Waals surface area contributed by atoms with Crippen molar-refractivity contribution in [3.8, 4) is 11.5 Å². The van der Waals surface area contributed by atoms with E-state index in [0.717, 1.165) is 0 Å². The van der Waals surface area contributed by atoms with E-state index in [0.29, 0.717) is 16.7 Å². The maximum atomic E-state index is 5.75. The number of aryl methyl sites for hydroxylation is 1. The van der Waals surface area contributed by atoms with Crippen molar-refractivity contribution in [3.63, 3.8) is 0 Å². The normalized spacial score (nSPS) is 9.71. The third-order valence-corrected chi connectivity index (χ3v) is 2.08. The smallest absolute Gasteiger partial charge is 0.224 e. The summed E-state index contributed by atoms with van der Waals surface area (Å²) >= 11 is 11.4. The standard InChI is InChI=1S/C8H6Cl2N4.C3H8/c1-14-3-2-11-7(14)5-4-6(9)13-8(10)12-5;1-3-2/h2-4H,1H3;3H2,1-2H3. The molecule has 0 unspecified atom stereocenters. The van der Waals surface area contributed by atoms with Gasteiger partial charge in [-0.2, -0.15) is 0 Å². The van der Waals surface area contributed by atoms with E-state index >= 15 is 0 Å². The van der Waals surface area contributed by atoms with Crippen LogP contribution in [0.4, 0.5) is 0 Å². The van der Waals surface area contributed by atoms with Gasteiger partial charge in [-0.3, -0.25) is 0 Å². The lowest BCUT2D eigenvalue weighted by Gasteiger charge is -2.01. The van der Waals surface area contributed by atoms with Crippen molar-refractivity contribution in [3.05, 3.63) is 28.9 Å². The lowest BCUT2D eigenvalue weighted by Crippen LogP contribution is -1.95. The molecule has 6 heteroatoms. The van der Waals surface area contributed by atoms with E-state index in [2.05, 4.69) is 28.8 Å². The van der Waals surface area contributed by atoms with E-state index in [4.69, 9.17) is 23.2 Å². The maximum Gasteiger partial charge on any atom is 0.224 e. The summed E-state index contributed by atoms with van der Waals surface area (Å²) < 4.78 is 1.83. The lowest BCUT2D eigenvalue weighted by atomic mass is 10.4. The fourth-order valence-electron chi connectivity index (χ4n) is 1.12. The van der Waals surface area contributed by atoms with Crippen LogP contribution in [0.1, 0.15) is 20.3 Å². The highest BCUT2D eigenvalue weighted by Crippen LogP contribution is 2.19. The predicted octanol–water partition coefficient (Wildman–Crippen LogP) is 3.60. The van der Waals surface area contributed by atoms with Gasteiger partial charge < -0.3 is 4.57 Å². The molecule has 2 rings (SSSR count). The van der Waals surface area contributed by atoms with Crippen LogP contribution >= 0.6 is 23.2 Å². The van der Waals surface area contributed by atoms with Gasteiger partial charge in [-0.25, -0.2) is 15.0 Å². The molecule has 0 N–H and O–H groups in total. The van der Waals surface area contributed by atoms with Gasteiger partial charge in [0.05, 0.1) is 0 Å². The molecule has 0 aliphatic rings. The van der Waals surface area contributed by atoms with Crippen LogP contribution in [0, 0.1) is 0 Å². The Morgan fingerprint density at radius 3 is 2.35 bits per heavy atom. The largest absolute Gasteiger partial charge is 0.333 e. The number of hydrogen-bond acceptors (Lipinski definition) is 3. The van der Waals surface area contributed by atoms with Crippen LogP contribution in [0.2, 0.25) is 10.4 Å². The minimum absolute atomic E-state index is 0.121. The van der Waals surface area contributed by atoms with Crippen molar-refractivity contribution in [1.82, 2.24) is 19.5 Å². The summed E-state index contributed by atoms with van der Waals surface area (Å²) in [7, 11) is 1.87. The van der Waals surface area contributed by atoms with Crippen LogP contribution in [0.25, 0.3) is 11.5 Å². The van der Waals surface area contributed by atoms with Crippen molar-refractivity contribution >= 4 is 23.2 Å². The monoisotopic (exact) mass is 272 g/mol. The van der Waals surface area contributed by atoms with Gasteiger partial charge in [0, 0.05) is 25.5 Å². The average Bonchev–Trinajstić information content (AvgIpc) is 2.64. The molecule has 0 aromatic carbocycles. The molecule has 0 bridgehead atoms. The van der Waals surface area contributed by atoms with Gasteiger partial charge in [0.25, 0.3) is 0 Å². The molecular formula is C11H14Cl2N4. The SMILES string of the molecule is CCC.Cn1ccnc1-c1cc(Cl)nc(Cl)n1. The lowest BCUT2D eigenvalue weighted by molar-refractivity contribution is 0.915. The summed E-state index contributed by atoms with van der Waals surface area (Å²) in [5, 5.41) is 0.429. The molecule has 0 aliphatic heterocycles.